The molecule has 0 radical (unpaired) electrons. The van der Waals surface area contributed by atoms with Crippen LogP contribution in [0.1, 0.15) is 27.7 Å². The Labute approximate surface area is 80.7 Å². The van der Waals surface area contributed by atoms with Crippen molar-refractivity contribution < 1.29 is 0 Å². The quantitative estimate of drug-likeness (QED) is 0.588. The van der Waals surface area contributed by atoms with Crippen LogP contribution in [0.5, 0.6) is 0 Å². The van der Waals surface area contributed by atoms with Crippen molar-refractivity contribution in [3.63, 3.8) is 0 Å². The van der Waals surface area contributed by atoms with Crippen molar-refractivity contribution in [1.82, 2.24) is 4.90 Å². The molecule has 13 heavy (non-hydrogen) atoms. The minimum absolute atomic E-state index is 1.07. The van der Waals surface area contributed by atoms with Crippen LogP contribution in [0.4, 0.5) is 0 Å². The Morgan fingerprint density at radius 1 is 1.31 bits per heavy atom. The number of hydrogen-bond acceptors (Lipinski definition) is 1. The zero-order valence-corrected chi connectivity index (χ0v) is 8.89. The van der Waals surface area contributed by atoms with Crippen LogP contribution in [0.3, 0.4) is 0 Å². The highest BCUT2D eigenvalue weighted by molar-refractivity contribution is 5.37. The Morgan fingerprint density at radius 2 is 1.92 bits per heavy atom. The SMILES string of the molecule is C=C1C(C)=CC=CN1C(C)=C(C)C. The lowest BCUT2D eigenvalue weighted by atomic mass is 10.1. The predicted octanol–water partition coefficient (Wildman–Crippen LogP) is 3.59. The normalized spacial score (nSPS) is 15.8. The third-order valence-corrected chi connectivity index (χ3v) is 2.41. The summed E-state index contributed by atoms with van der Waals surface area (Å²) in [6.07, 6.45) is 6.19. The molecule has 0 aliphatic carbocycles. The lowest BCUT2D eigenvalue weighted by Gasteiger charge is -2.27. The third kappa shape index (κ3) is 1.92. The summed E-state index contributed by atoms with van der Waals surface area (Å²) in [7, 11) is 0. The summed E-state index contributed by atoms with van der Waals surface area (Å²) in [5, 5.41) is 0. The highest BCUT2D eigenvalue weighted by Crippen LogP contribution is 2.24. The van der Waals surface area contributed by atoms with Gasteiger partial charge in [0.25, 0.3) is 0 Å². The van der Waals surface area contributed by atoms with E-state index in [9.17, 15) is 0 Å². The van der Waals surface area contributed by atoms with Crippen LogP contribution in [0, 0.1) is 0 Å². The van der Waals surface area contributed by atoms with E-state index in [1.807, 2.05) is 0 Å². The molecule has 1 heteroatoms. The van der Waals surface area contributed by atoms with Crippen molar-refractivity contribution in [2.75, 3.05) is 0 Å². The van der Waals surface area contributed by atoms with E-state index in [0.717, 1.165) is 5.70 Å². The number of hydrogen-bond donors (Lipinski definition) is 0. The number of allylic oxidation sites excluding steroid dienone is 5. The third-order valence-electron chi connectivity index (χ3n) is 2.41. The molecule has 1 nitrogen and oxygen atoms in total. The molecule has 70 valence electrons. The van der Waals surface area contributed by atoms with Crippen molar-refractivity contribution in [3.05, 3.63) is 47.5 Å². The minimum atomic E-state index is 1.07. The van der Waals surface area contributed by atoms with Gasteiger partial charge in [-0.3, -0.25) is 0 Å². The van der Waals surface area contributed by atoms with E-state index in [4.69, 9.17) is 0 Å². The fourth-order valence-corrected chi connectivity index (χ4v) is 1.20. The molecule has 0 fully saturated rings. The van der Waals surface area contributed by atoms with Gasteiger partial charge in [0.1, 0.15) is 0 Å². The first-order chi connectivity index (χ1) is 6.04. The first-order valence-electron chi connectivity index (χ1n) is 4.51. The highest BCUT2D eigenvalue weighted by atomic mass is 15.1. The van der Waals surface area contributed by atoms with E-state index in [1.54, 1.807) is 0 Å². The van der Waals surface area contributed by atoms with Crippen LogP contribution in [0.15, 0.2) is 47.5 Å². The summed E-state index contributed by atoms with van der Waals surface area (Å²) in [5.41, 5.74) is 4.87. The largest absolute Gasteiger partial charge is 0.322 e. The molecule has 0 N–H and O–H groups in total. The molecular weight excluding hydrogens is 158 g/mol. The van der Waals surface area contributed by atoms with Gasteiger partial charge in [0, 0.05) is 17.6 Å². The molecule has 0 saturated carbocycles. The molecule has 0 bridgehead atoms. The van der Waals surface area contributed by atoms with E-state index in [-0.39, 0.29) is 0 Å². The second kappa shape index (κ2) is 3.65. The second-order valence-corrected chi connectivity index (χ2v) is 3.59. The standard InChI is InChI=1S/C12H17N/c1-9(2)11(4)13-8-6-7-10(3)12(13)5/h6-8H,5H2,1-4H3. The molecular formula is C12H17N. The zero-order chi connectivity index (χ0) is 10.0. The van der Waals surface area contributed by atoms with Crippen molar-refractivity contribution in [3.8, 4) is 0 Å². The van der Waals surface area contributed by atoms with Crippen LogP contribution in [-0.4, -0.2) is 4.90 Å². The lowest BCUT2D eigenvalue weighted by molar-refractivity contribution is 0.573. The smallest absolute Gasteiger partial charge is 0.0409 e. The van der Waals surface area contributed by atoms with Gasteiger partial charge in [-0.15, -0.1) is 0 Å². The van der Waals surface area contributed by atoms with Gasteiger partial charge in [-0.25, -0.2) is 0 Å². The van der Waals surface area contributed by atoms with Crippen LogP contribution >= 0.6 is 0 Å². The monoisotopic (exact) mass is 175 g/mol. The summed E-state index contributed by atoms with van der Waals surface area (Å²) in [6, 6.07) is 0. The van der Waals surface area contributed by atoms with E-state index < -0.39 is 0 Å². The van der Waals surface area contributed by atoms with Crippen LogP contribution in [0.25, 0.3) is 0 Å². The van der Waals surface area contributed by atoms with E-state index in [2.05, 4.69) is 57.5 Å². The average molecular weight is 175 g/mol. The first kappa shape index (κ1) is 9.85. The Hall–Kier alpha value is -1.24. The fraction of sp³-hybridized carbons (Fsp3) is 0.333. The maximum absolute atomic E-state index is 4.05. The Balaban J connectivity index is 2.99. The highest BCUT2D eigenvalue weighted by Gasteiger charge is 2.11. The van der Waals surface area contributed by atoms with Gasteiger partial charge < -0.3 is 4.90 Å². The second-order valence-electron chi connectivity index (χ2n) is 3.59. The summed E-state index contributed by atoms with van der Waals surface area (Å²) in [6.45, 7) is 12.5. The molecule has 0 aromatic rings. The molecule has 1 aliphatic heterocycles. The lowest BCUT2D eigenvalue weighted by Crippen LogP contribution is -2.17. The Morgan fingerprint density at radius 3 is 2.46 bits per heavy atom. The van der Waals surface area contributed by atoms with Gasteiger partial charge in [0.2, 0.25) is 0 Å². The number of nitrogens with zero attached hydrogens (tertiary/aromatic N) is 1. The summed E-state index contributed by atoms with van der Waals surface area (Å²) in [4.78, 5) is 2.13. The van der Waals surface area contributed by atoms with E-state index in [0.29, 0.717) is 0 Å². The number of rotatable bonds is 1. The molecule has 0 unspecified atom stereocenters. The molecule has 0 spiro atoms. The van der Waals surface area contributed by atoms with Gasteiger partial charge in [0.15, 0.2) is 0 Å². The topological polar surface area (TPSA) is 3.24 Å². The summed E-state index contributed by atoms with van der Waals surface area (Å²) < 4.78 is 0. The zero-order valence-electron chi connectivity index (χ0n) is 8.89. The fourth-order valence-electron chi connectivity index (χ4n) is 1.20. The molecule has 1 rings (SSSR count). The molecule has 1 heterocycles. The average Bonchev–Trinajstić information content (AvgIpc) is 2.08. The van der Waals surface area contributed by atoms with Gasteiger partial charge in [-0.1, -0.05) is 18.2 Å². The summed E-state index contributed by atoms with van der Waals surface area (Å²) >= 11 is 0. The molecule has 0 saturated heterocycles. The molecule has 0 aromatic carbocycles. The van der Waals surface area contributed by atoms with E-state index in [1.165, 1.54) is 16.8 Å². The van der Waals surface area contributed by atoms with Crippen molar-refractivity contribution in [1.29, 1.82) is 0 Å². The Bertz CT molecular complexity index is 312. The van der Waals surface area contributed by atoms with E-state index >= 15 is 0 Å². The minimum Gasteiger partial charge on any atom is -0.322 e. The van der Waals surface area contributed by atoms with Crippen LogP contribution in [-0.2, 0) is 0 Å². The van der Waals surface area contributed by atoms with Crippen molar-refractivity contribution in [2.45, 2.75) is 27.7 Å². The summed E-state index contributed by atoms with van der Waals surface area (Å²) in [5.74, 6) is 0. The Kier molecular flexibility index (Phi) is 2.76. The van der Waals surface area contributed by atoms with Gasteiger partial charge in [0.05, 0.1) is 0 Å². The van der Waals surface area contributed by atoms with Crippen molar-refractivity contribution >= 4 is 0 Å². The molecule has 0 aromatic heterocycles. The first-order valence-corrected chi connectivity index (χ1v) is 4.51. The van der Waals surface area contributed by atoms with Crippen LogP contribution in [0.2, 0.25) is 0 Å². The van der Waals surface area contributed by atoms with Gasteiger partial charge in [-0.2, -0.15) is 0 Å². The molecule has 0 amide bonds. The maximum Gasteiger partial charge on any atom is 0.0409 e. The molecule has 1 aliphatic rings. The maximum atomic E-state index is 4.05. The molecule has 0 atom stereocenters. The van der Waals surface area contributed by atoms with Gasteiger partial charge in [-0.05, 0) is 39.3 Å². The van der Waals surface area contributed by atoms with Gasteiger partial charge >= 0.3 is 0 Å². The predicted molar refractivity (Wildman–Crippen MR) is 57.9 cm³/mol. The van der Waals surface area contributed by atoms with Crippen LogP contribution < -0.4 is 0 Å². The van der Waals surface area contributed by atoms with Crippen molar-refractivity contribution in [2.24, 2.45) is 0 Å².